The number of hydrogen-bond acceptors (Lipinski definition) is 1. The van der Waals surface area contributed by atoms with Crippen molar-refractivity contribution in [2.45, 2.75) is 19.9 Å². The minimum Gasteiger partial charge on any atom is -0.338 e. The topological polar surface area (TPSA) is 34.0 Å². The molecule has 0 fully saturated rings. The predicted octanol–water partition coefficient (Wildman–Crippen LogP) is 4.08. The normalized spacial score (nSPS) is 10.8. The van der Waals surface area contributed by atoms with Crippen LogP contribution in [0.4, 0.5) is 14.5 Å². The summed E-state index contributed by atoms with van der Waals surface area (Å²) in [5.41, 5.74) is 1.80. The number of amides is 1. The van der Waals surface area contributed by atoms with Gasteiger partial charge in [0.25, 0.3) is 12.3 Å². The third kappa shape index (κ3) is 3.25. The Balaban J connectivity index is 2.20. The Bertz CT molecular complexity index is 625. The van der Waals surface area contributed by atoms with Crippen LogP contribution in [0.5, 0.6) is 0 Å². The molecule has 0 aliphatic rings. The third-order valence-electron chi connectivity index (χ3n) is 2.84. The second-order valence-electron chi connectivity index (χ2n) is 4.33. The number of aromatic nitrogens is 1. The van der Waals surface area contributed by atoms with E-state index in [9.17, 15) is 13.6 Å². The Morgan fingerprint density at radius 1 is 1.35 bits per heavy atom. The number of carbonyl (C=O) groups excluding carboxylic acids is 1. The van der Waals surface area contributed by atoms with Crippen molar-refractivity contribution < 1.29 is 13.6 Å². The van der Waals surface area contributed by atoms with E-state index in [2.05, 4.69) is 21.2 Å². The van der Waals surface area contributed by atoms with Crippen molar-refractivity contribution in [3.63, 3.8) is 0 Å². The summed E-state index contributed by atoms with van der Waals surface area (Å²) in [4.78, 5) is 12.1. The van der Waals surface area contributed by atoms with Crippen LogP contribution in [0, 0.1) is 6.92 Å². The first kappa shape index (κ1) is 14.7. The van der Waals surface area contributed by atoms with Crippen LogP contribution >= 0.6 is 15.9 Å². The largest absolute Gasteiger partial charge is 0.338 e. The fraction of sp³-hybridized carbons (Fsp3) is 0.214. The van der Waals surface area contributed by atoms with E-state index in [0.29, 0.717) is 5.69 Å². The highest BCUT2D eigenvalue weighted by Crippen LogP contribution is 2.26. The number of carbonyl (C=O) groups is 1. The van der Waals surface area contributed by atoms with Gasteiger partial charge < -0.3 is 9.88 Å². The molecule has 0 aliphatic carbocycles. The van der Waals surface area contributed by atoms with Crippen LogP contribution in [0.25, 0.3) is 0 Å². The molecule has 0 unspecified atom stereocenters. The standard InChI is InChI=1S/C14H13BrF2N2O/c1-9-4-2-5-10(13(9)15)18-14(20)11-6-3-7-19(11)8-12(16)17/h2-7,12H,8H2,1H3,(H,18,20). The Labute approximate surface area is 123 Å². The van der Waals surface area contributed by atoms with Crippen molar-refractivity contribution in [2.75, 3.05) is 5.32 Å². The monoisotopic (exact) mass is 342 g/mol. The molecule has 0 bridgehead atoms. The second-order valence-corrected chi connectivity index (χ2v) is 5.12. The summed E-state index contributed by atoms with van der Waals surface area (Å²) in [5, 5.41) is 2.72. The maximum Gasteiger partial charge on any atom is 0.272 e. The number of alkyl halides is 2. The van der Waals surface area contributed by atoms with E-state index >= 15 is 0 Å². The molecule has 106 valence electrons. The van der Waals surface area contributed by atoms with Crippen LogP contribution in [-0.4, -0.2) is 16.9 Å². The van der Waals surface area contributed by atoms with Gasteiger partial charge in [-0.15, -0.1) is 0 Å². The summed E-state index contributed by atoms with van der Waals surface area (Å²) in [6.45, 7) is 1.41. The van der Waals surface area contributed by atoms with Gasteiger partial charge in [0.1, 0.15) is 5.69 Å². The molecule has 0 spiro atoms. The summed E-state index contributed by atoms with van der Waals surface area (Å²) in [7, 11) is 0. The average molecular weight is 343 g/mol. The highest BCUT2D eigenvalue weighted by molar-refractivity contribution is 9.10. The lowest BCUT2D eigenvalue weighted by Crippen LogP contribution is -2.19. The average Bonchev–Trinajstić information content (AvgIpc) is 2.82. The Morgan fingerprint density at radius 3 is 2.80 bits per heavy atom. The summed E-state index contributed by atoms with van der Waals surface area (Å²) < 4.78 is 26.9. The molecule has 0 saturated heterocycles. The fourth-order valence-electron chi connectivity index (χ4n) is 1.86. The molecular formula is C14H13BrF2N2O. The van der Waals surface area contributed by atoms with Crippen molar-refractivity contribution in [1.82, 2.24) is 4.57 Å². The minimum atomic E-state index is -2.50. The number of hydrogen-bond donors (Lipinski definition) is 1. The van der Waals surface area contributed by atoms with Crippen molar-refractivity contribution in [1.29, 1.82) is 0 Å². The van der Waals surface area contributed by atoms with Crippen molar-refractivity contribution in [2.24, 2.45) is 0 Å². The van der Waals surface area contributed by atoms with Crippen LogP contribution < -0.4 is 5.32 Å². The predicted molar refractivity (Wildman–Crippen MR) is 77.3 cm³/mol. The summed E-state index contributed by atoms with van der Waals surface area (Å²) >= 11 is 3.39. The lowest BCUT2D eigenvalue weighted by Gasteiger charge is -2.11. The van der Waals surface area contributed by atoms with E-state index in [4.69, 9.17) is 0 Å². The van der Waals surface area contributed by atoms with Crippen LogP contribution in [0.15, 0.2) is 41.0 Å². The van der Waals surface area contributed by atoms with Crippen LogP contribution in [0.3, 0.4) is 0 Å². The van der Waals surface area contributed by atoms with Gasteiger partial charge in [0.05, 0.1) is 12.2 Å². The first-order valence-electron chi connectivity index (χ1n) is 5.99. The number of anilines is 1. The van der Waals surface area contributed by atoms with E-state index in [-0.39, 0.29) is 5.69 Å². The summed E-state index contributed by atoms with van der Waals surface area (Å²) in [6, 6.07) is 8.55. The molecule has 0 atom stereocenters. The summed E-state index contributed by atoms with van der Waals surface area (Å²) in [6.07, 6.45) is -1.04. The third-order valence-corrected chi connectivity index (χ3v) is 3.89. The molecule has 1 N–H and O–H groups in total. The van der Waals surface area contributed by atoms with Gasteiger partial charge in [0.15, 0.2) is 0 Å². The minimum absolute atomic E-state index is 0.207. The van der Waals surface area contributed by atoms with E-state index in [0.717, 1.165) is 10.0 Å². The molecule has 1 heterocycles. The molecule has 6 heteroatoms. The lowest BCUT2D eigenvalue weighted by molar-refractivity contribution is 0.0997. The number of halogens is 3. The highest BCUT2D eigenvalue weighted by atomic mass is 79.9. The van der Waals surface area contributed by atoms with Gasteiger partial charge in [-0.05, 0) is 46.6 Å². The number of aryl methyl sites for hydroxylation is 1. The lowest BCUT2D eigenvalue weighted by atomic mass is 10.2. The van der Waals surface area contributed by atoms with Gasteiger partial charge in [-0.3, -0.25) is 4.79 Å². The Hall–Kier alpha value is -1.69. The molecule has 2 rings (SSSR count). The van der Waals surface area contributed by atoms with E-state index < -0.39 is 18.9 Å². The molecule has 0 saturated carbocycles. The fourth-order valence-corrected chi connectivity index (χ4v) is 2.22. The zero-order valence-electron chi connectivity index (χ0n) is 10.7. The first-order chi connectivity index (χ1) is 9.49. The molecule has 0 aliphatic heterocycles. The second kappa shape index (κ2) is 6.17. The Kier molecular flexibility index (Phi) is 4.54. The SMILES string of the molecule is Cc1cccc(NC(=O)c2cccn2CC(F)F)c1Br. The van der Waals surface area contributed by atoms with Crippen LogP contribution in [0.1, 0.15) is 16.1 Å². The van der Waals surface area contributed by atoms with E-state index in [1.807, 2.05) is 19.1 Å². The maximum atomic E-state index is 12.4. The first-order valence-corrected chi connectivity index (χ1v) is 6.78. The molecule has 1 aromatic heterocycles. The highest BCUT2D eigenvalue weighted by Gasteiger charge is 2.15. The van der Waals surface area contributed by atoms with Crippen molar-refractivity contribution in [3.8, 4) is 0 Å². The molecule has 3 nitrogen and oxygen atoms in total. The molecule has 1 amide bonds. The molecule has 1 aromatic carbocycles. The van der Waals surface area contributed by atoms with Gasteiger partial charge in [0.2, 0.25) is 0 Å². The zero-order valence-corrected chi connectivity index (χ0v) is 12.3. The van der Waals surface area contributed by atoms with E-state index in [1.54, 1.807) is 12.1 Å². The number of nitrogens with one attached hydrogen (secondary N) is 1. The molecule has 0 radical (unpaired) electrons. The summed E-state index contributed by atoms with van der Waals surface area (Å²) in [5.74, 6) is -0.415. The Morgan fingerprint density at radius 2 is 2.10 bits per heavy atom. The van der Waals surface area contributed by atoms with Crippen molar-refractivity contribution in [3.05, 3.63) is 52.3 Å². The van der Waals surface area contributed by atoms with Crippen molar-refractivity contribution >= 4 is 27.5 Å². The van der Waals surface area contributed by atoms with Gasteiger partial charge in [-0.2, -0.15) is 0 Å². The van der Waals surface area contributed by atoms with Gasteiger partial charge in [-0.1, -0.05) is 12.1 Å². The molecule has 20 heavy (non-hydrogen) atoms. The maximum absolute atomic E-state index is 12.4. The van der Waals surface area contributed by atoms with Crippen LogP contribution in [-0.2, 0) is 6.54 Å². The number of benzene rings is 1. The quantitative estimate of drug-likeness (QED) is 0.892. The van der Waals surface area contributed by atoms with Gasteiger partial charge in [0, 0.05) is 10.7 Å². The molecular weight excluding hydrogens is 330 g/mol. The van der Waals surface area contributed by atoms with Gasteiger partial charge >= 0.3 is 0 Å². The smallest absolute Gasteiger partial charge is 0.272 e. The zero-order chi connectivity index (χ0) is 14.7. The number of rotatable bonds is 4. The number of nitrogens with zero attached hydrogens (tertiary/aromatic N) is 1. The molecule has 2 aromatic rings. The van der Waals surface area contributed by atoms with Gasteiger partial charge in [-0.25, -0.2) is 8.78 Å². The van der Waals surface area contributed by atoms with E-state index in [1.165, 1.54) is 16.8 Å². The van der Waals surface area contributed by atoms with Crippen LogP contribution in [0.2, 0.25) is 0 Å².